The number of nitrogens with one attached hydrogen (secondary N) is 1. The summed E-state index contributed by atoms with van der Waals surface area (Å²) in [7, 11) is 0. The van der Waals surface area contributed by atoms with E-state index in [4.69, 9.17) is 10.3 Å². The van der Waals surface area contributed by atoms with Crippen LogP contribution in [0.2, 0.25) is 0 Å². The number of carboxylic acid groups (broad SMARTS) is 1. The molecule has 3 aliphatic rings. The van der Waals surface area contributed by atoms with Gasteiger partial charge in [0.2, 0.25) is 5.36 Å². The van der Waals surface area contributed by atoms with Crippen molar-refractivity contribution in [1.29, 1.82) is 0 Å². The van der Waals surface area contributed by atoms with Crippen LogP contribution in [0.15, 0.2) is 47.6 Å². The van der Waals surface area contributed by atoms with Crippen LogP contribution in [-0.2, 0) is 12.8 Å². The van der Waals surface area contributed by atoms with Crippen LogP contribution < -0.4 is 30.1 Å². The number of aryl methyl sites for hydroxylation is 2. The second-order valence-corrected chi connectivity index (χ2v) is 11.4. The average Bonchev–Trinajstić information content (AvgIpc) is 3.04. The molecule has 0 saturated heterocycles. The Morgan fingerprint density at radius 1 is 1.07 bits per heavy atom. The zero-order valence-corrected chi connectivity index (χ0v) is 25.2. The second kappa shape index (κ2) is 12.4. The summed E-state index contributed by atoms with van der Waals surface area (Å²) in [5.74, 6) is 0.00300. The normalized spacial score (nSPS) is 14.8. The fraction of sp³-hybridized carbons (Fsp3) is 0.382. The van der Waals surface area contributed by atoms with Gasteiger partial charge in [-0.2, -0.15) is 0 Å². The molecule has 6 rings (SSSR count). The van der Waals surface area contributed by atoms with Crippen molar-refractivity contribution in [2.75, 3.05) is 44.2 Å². The van der Waals surface area contributed by atoms with Crippen molar-refractivity contribution in [3.05, 3.63) is 96.9 Å². The smallest absolute Gasteiger partial charge is 0.336 e. The predicted octanol–water partition coefficient (Wildman–Crippen LogP) is 4.40. The molecule has 0 saturated carbocycles. The highest BCUT2D eigenvalue weighted by Gasteiger charge is 2.30. The van der Waals surface area contributed by atoms with Crippen LogP contribution in [0.5, 0.6) is 11.5 Å². The molecule has 3 aromatic carbocycles. The van der Waals surface area contributed by atoms with E-state index < -0.39 is 5.97 Å². The minimum Gasteiger partial charge on any atom is -0.478 e. The lowest BCUT2D eigenvalue weighted by Gasteiger charge is -2.32. The van der Waals surface area contributed by atoms with Gasteiger partial charge in [0.1, 0.15) is 24.6 Å². The van der Waals surface area contributed by atoms with E-state index >= 15 is 0 Å². The number of carbonyl (C=O) groups is 2. The number of fused-ring (bicyclic) bond motifs is 4. The molecule has 1 amide bonds. The Hall–Kier alpha value is -4.82. The number of hydrogen-bond donors (Lipinski definition) is 2. The highest BCUT2D eigenvalue weighted by atomic mass is 16.5. The number of hydrogen-bond acceptors (Lipinski definition) is 5. The first kappa shape index (κ1) is 29.3. The molecule has 44 heavy (non-hydrogen) atoms. The van der Waals surface area contributed by atoms with Crippen LogP contribution in [0.4, 0.5) is 5.69 Å². The van der Waals surface area contributed by atoms with E-state index in [2.05, 4.69) is 62.9 Å². The van der Waals surface area contributed by atoms with Crippen LogP contribution >= 0.6 is 0 Å². The number of rotatable bonds is 9. The monoisotopic (exact) mass is 593 g/mol. The van der Waals surface area contributed by atoms with E-state index in [1.165, 1.54) is 17.2 Å². The highest BCUT2D eigenvalue weighted by molar-refractivity contribution is 6.02. The van der Waals surface area contributed by atoms with Crippen molar-refractivity contribution in [1.82, 2.24) is 9.89 Å². The number of carboxylic acids is 1. The van der Waals surface area contributed by atoms with Crippen LogP contribution in [0, 0.1) is 0 Å². The number of nitrogens with zero attached hydrogens (tertiary/aromatic N) is 5. The SMILES string of the molecule is CCN1CCCc2cc3c(cc21)Oc1cc2c(cc1=C3c1cc(C(=O)NCCCN=[N+]=[N-])ccc1C(=O)O)CCC[N+]=2CC. The van der Waals surface area contributed by atoms with E-state index in [0.29, 0.717) is 35.6 Å². The number of ether oxygens (including phenoxy) is 1. The summed E-state index contributed by atoms with van der Waals surface area (Å²) in [5, 5.41) is 18.7. The Kier molecular flexibility index (Phi) is 8.26. The number of carbonyl (C=O) groups excluding carboxylic acids is 1. The van der Waals surface area contributed by atoms with Crippen molar-refractivity contribution >= 4 is 23.1 Å². The standard InChI is InChI=1S/C34H36N6O4/c1-3-39-14-5-8-21-16-26-30(19-28(21)39)44-31-20-29-22(9-6-15-40(29)4-2)17-27(31)32(26)25-18-23(10-11-24(25)34(42)43)33(41)36-12-7-13-37-38-35/h10-11,16-20H,3-9,12-15H2,1-2H3,(H-,36,41,42,43)/p+1. The summed E-state index contributed by atoms with van der Waals surface area (Å²) in [6.07, 6.45) is 4.45. The van der Waals surface area contributed by atoms with Crippen LogP contribution in [0.1, 0.15) is 76.1 Å². The van der Waals surface area contributed by atoms with Gasteiger partial charge in [-0.15, -0.1) is 0 Å². The summed E-state index contributed by atoms with van der Waals surface area (Å²) in [6.45, 7) is 8.67. The number of benzene rings is 3. The first-order valence-electron chi connectivity index (χ1n) is 15.5. The summed E-state index contributed by atoms with van der Waals surface area (Å²) in [6, 6.07) is 13.3. The van der Waals surface area contributed by atoms with Gasteiger partial charge in [0.05, 0.1) is 11.6 Å². The van der Waals surface area contributed by atoms with Crippen molar-refractivity contribution in [3.63, 3.8) is 0 Å². The molecule has 3 heterocycles. The number of azide groups is 1. The first-order chi connectivity index (χ1) is 21.4. The molecule has 226 valence electrons. The third kappa shape index (κ3) is 5.37. The lowest BCUT2D eigenvalue weighted by atomic mass is 9.85. The van der Waals surface area contributed by atoms with Gasteiger partial charge in [0.25, 0.3) is 5.91 Å². The molecule has 0 fully saturated rings. The van der Waals surface area contributed by atoms with E-state index in [9.17, 15) is 14.7 Å². The number of aromatic carboxylic acids is 1. The minimum atomic E-state index is -1.06. The zero-order valence-electron chi connectivity index (χ0n) is 25.2. The Labute approximate surface area is 255 Å². The fourth-order valence-corrected chi connectivity index (χ4v) is 6.73. The fourth-order valence-electron chi connectivity index (χ4n) is 6.73. The van der Waals surface area contributed by atoms with E-state index in [-0.39, 0.29) is 18.0 Å². The van der Waals surface area contributed by atoms with Gasteiger partial charge in [-0.3, -0.25) is 4.79 Å². The number of amides is 1. The van der Waals surface area contributed by atoms with Crippen molar-refractivity contribution in [3.8, 4) is 11.5 Å². The Bertz CT molecular complexity index is 1840. The van der Waals surface area contributed by atoms with Gasteiger partial charge in [-0.1, -0.05) is 5.11 Å². The predicted molar refractivity (Wildman–Crippen MR) is 169 cm³/mol. The summed E-state index contributed by atoms with van der Waals surface area (Å²) < 4.78 is 9.04. The summed E-state index contributed by atoms with van der Waals surface area (Å²) >= 11 is 0. The molecule has 0 aliphatic carbocycles. The molecule has 0 atom stereocenters. The molecule has 10 heteroatoms. The van der Waals surface area contributed by atoms with Crippen molar-refractivity contribution in [2.45, 2.75) is 46.0 Å². The van der Waals surface area contributed by atoms with Crippen LogP contribution in [0.3, 0.4) is 0 Å². The molecular weight excluding hydrogens is 556 g/mol. The molecule has 0 bridgehead atoms. The van der Waals surface area contributed by atoms with Crippen molar-refractivity contribution < 1.29 is 19.4 Å². The summed E-state index contributed by atoms with van der Waals surface area (Å²) in [5.41, 5.74) is 14.7. The van der Waals surface area contributed by atoms with E-state index in [1.807, 2.05) is 0 Å². The Balaban J connectivity index is 1.59. The first-order valence-corrected chi connectivity index (χ1v) is 15.5. The molecule has 3 aromatic rings. The largest absolute Gasteiger partial charge is 0.478 e. The second-order valence-electron chi connectivity index (χ2n) is 11.4. The summed E-state index contributed by atoms with van der Waals surface area (Å²) in [4.78, 5) is 31.0. The van der Waals surface area contributed by atoms with Gasteiger partial charge in [-0.05, 0) is 86.5 Å². The highest BCUT2D eigenvalue weighted by Crippen LogP contribution is 2.42. The third-order valence-electron chi connectivity index (χ3n) is 8.88. The molecule has 0 unspecified atom stereocenters. The molecular formula is C34H37N6O4+. The maximum absolute atomic E-state index is 13.2. The lowest BCUT2D eigenvalue weighted by Crippen LogP contribution is -2.39. The molecule has 2 N–H and O–H groups in total. The molecule has 0 spiro atoms. The Morgan fingerprint density at radius 2 is 1.91 bits per heavy atom. The van der Waals surface area contributed by atoms with E-state index in [1.54, 1.807) is 12.1 Å². The maximum atomic E-state index is 13.2. The van der Waals surface area contributed by atoms with Gasteiger partial charge >= 0.3 is 5.97 Å². The average molecular weight is 594 g/mol. The van der Waals surface area contributed by atoms with Crippen LogP contribution in [-0.4, -0.2) is 56.3 Å². The van der Waals surface area contributed by atoms with Gasteiger partial charge in [0.15, 0.2) is 0 Å². The van der Waals surface area contributed by atoms with Gasteiger partial charge in [-0.25, -0.2) is 9.37 Å². The minimum absolute atomic E-state index is 0.125. The molecule has 10 nitrogen and oxygen atoms in total. The molecule has 3 aliphatic heterocycles. The maximum Gasteiger partial charge on any atom is 0.336 e. The molecule has 0 radical (unpaired) electrons. The third-order valence-corrected chi connectivity index (χ3v) is 8.88. The Morgan fingerprint density at radius 3 is 2.68 bits per heavy atom. The lowest BCUT2D eigenvalue weighted by molar-refractivity contribution is 0.0696. The van der Waals surface area contributed by atoms with Gasteiger partial charge < -0.3 is 20.1 Å². The van der Waals surface area contributed by atoms with Crippen molar-refractivity contribution in [2.24, 2.45) is 5.11 Å². The van der Waals surface area contributed by atoms with E-state index in [0.717, 1.165) is 79.3 Å². The van der Waals surface area contributed by atoms with Gasteiger partial charge in [0, 0.05) is 76.7 Å². The zero-order chi connectivity index (χ0) is 30.8. The topological polar surface area (TPSA) is 131 Å². The quantitative estimate of drug-likeness (QED) is 0.0977. The number of anilines is 1. The van der Waals surface area contributed by atoms with Crippen LogP contribution in [0.25, 0.3) is 16.0 Å². The molecule has 0 aromatic heterocycles.